The number of hydrogen-bond acceptors (Lipinski definition) is 3. The van der Waals surface area contributed by atoms with Crippen molar-refractivity contribution in [3.8, 4) is 0 Å². The fraction of sp³-hybridized carbons (Fsp3) is 0.238. The number of nitrogens with zero attached hydrogens (tertiary/aromatic N) is 3. The second-order valence-electron chi connectivity index (χ2n) is 6.70. The van der Waals surface area contributed by atoms with Crippen molar-refractivity contribution in [1.82, 2.24) is 14.8 Å². The SMILES string of the molecule is O=C(Nc1cccc(Cl)c1)N1CCN(Cc2cccc3cccnc23)CC1. The number of urea groups is 1. The standard InChI is InChI=1S/C21H21ClN4O/c22-18-7-2-8-19(14-18)24-21(27)26-12-10-25(11-13-26)15-17-5-1-4-16-6-3-9-23-20(16)17/h1-9,14H,10-13,15H2,(H,24,27). The molecule has 1 N–H and O–H groups in total. The third-order valence-electron chi connectivity index (χ3n) is 4.85. The third-order valence-corrected chi connectivity index (χ3v) is 5.08. The predicted octanol–water partition coefficient (Wildman–Crippen LogP) is 4.24. The number of amides is 2. The smallest absolute Gasteiger partial charge is 0.321 e. The summed E-state index contributed by atoms with van der Waals surface area (Å²) in [5, 5.41) is 4.69. The lowest BCUT2D eigenvalue weighted by Crippen LogP contribution is -2.49. The number of carbonyl (C=O) groups is 1. The van der Waals surface area contributed by atoms with E-state index in [1.54, 1.807) is 12.1 Å². The lowest BCUT2D eigenvalue weighted by Gasteiger charge is -2.34. The van der Waals surface area contributed by atoms with Crippen LogP contribution in [0.25, 0.3) is 10.9 Å². The monoisotopic (exact) mass is 380 g/mol. The molecular formula is C21H21ClN4O. The van der Waals surface area contributed by atoms with Crippen molar-refractivity contribution in [3.05, 3.63) is 71.4 Å². The van der Waals surface area contributed by atoms with E-state index in [2.05, 4.69) is 39.5 Å². The molecule has 2 amide bonds. The summed E-state index contributed by atoms with van der Waals surface area (Å²) in [4.78, 5) is 21.2. The zero-order valence-electron chi connectivity index (χ0n) is 14.9. The number of carbonyl (C=O) groups excluding carboxylic acids is 1. The first-order valence-corrected chi connectivity index (χ1v) is 9.43. The number of benzene rings is 2. The van der Waals surface area contributed by atoms with Crippen LogP contribution in [0.15, 0.2) is 60.8 Å². The Morgan fingerprint density at radius 2 is 1.81 bits per heavy atom. The molecule has 1 aromatic heterocycles. The molecule has 6 heteroatoms. The summed E-state index contributed by atoms with van der Waals surface area (Å²) in [6, 6.07) is 17.5. The molecule has 0 bridgehead atoms. The van der Waals surface area contributed by atoms with Gasteiger partial charge >= 0.3 is 6.03 Å². The summed E-state index contributed by atoms with van der Waals surface area (Å²) >= 11 is 5.97. The number of anilines is 1. The van der Waals surface area contributed by atoms with Crippen molar-refractivity contribution in [2.24, 2.45) is 0 Å². The van der Waals surface area contributed by atoms with Gasteiger partial charge in [-0.3, -0.25) is 9.88 Å². The van der Waals surface area contributed by atoms with Crippen LogP contribution in [-0.2, 0) is 6.54 Å². The maximum Gasteiger partial charge on any atom is 0.321 e. The van der Waals surface area contributed by atoms with Crippen molar-refractivity contribution in [2.45, 2.75) is 6.54 Å². The van der Waals surface area contributed by atoms with E-state index in [0.29, 0.717) is 18.1 Å². The van der Waals surface area contributed by atoms with Crippen molar-refractivity contribution in [3.63, 3.8) is 0 Å². The van der Waals surface area contributed by atoms with Crippen LogP contribution in [0, 0.1) is 0 Å². The number of rotatable bonds is 3. The lowest BCUT2D eigenvalue weighted by molar-refractivity contribution is 0.143. The summed E-state index contributed by atoms with van der Waals surface area (Å²) in [5.41, 5.74) is 3.00. The molecule has 4 rings (SSSR count). The highest BCUT2D eigenvalue weighted by Crippen LogP contribution is 2.19. The van der Waals surface area contributed by atoms with Gasteiger partial charge in [0.2, 0.25) is 0 Å². The summed E-state index contributed by atoms with van der Waals surface area (Å²) in [5.74, 6) is 0. The van der Waals surface area contributed by atoms with Crippen LogP contribution in [-0.4, -0.2) is 47.0 Å². The Morgan fingerprint density at radius 1 is 1.04 bits per heavy atom. The third kappa shape index (κ3) is 4.21. The highest BCUT2D eigenvalue weighted by atomic mass is 35.5. The largest absolute Gasteiger partial charge is 0.322 e. The Labute approximate surface area is 163 Å². The molecule has 3 aromatic rings. The molecule has 5 nitrogen and oxygen atoms in total. The molecule has 0 unspecified atom stereocenters. The molecule has 2 heterocycles. The number of nitrogens with one attached hydrogen (secondary N) is 1. The second kappa shape index (κ2) is 7.94. The van der Waals surface area contributed by atoms with Gasteiger partial charge in [-0.2, -0.15) is 0 Å². The Balaban J connectivity index is 1.35. The first-order chi connectivity index (χ1) is 13.2. The van der Waals surface area contributed by atoms with Crippen LogP contribution in [0.3, 0.4) is 0 Å². The average molecular weight is 381 g/mol. The van der Waals surface area contributed by atoms with Crippen molar-refractivity contribution in [2.75, 3.05) is 31.5 Å². The van der Waals surface area contributed by atoms with Crippen LogP contribution in [0.4, 0.5) is 10.5 Å². The second-order valence-corrected chi connectivity index (χ2v) is 7.13. The molecule has 1 aliphatic rings. The summed E-state index contributed by atoms with van der Waals surface area (Å²) < 4.78 is 0. The summed E-state index contributed by atoms with van der Waals surface area (Å²) in [7, 11) is 0. The highest BCUT2D eigenvalue weighted by molar-refractivity contribution is 6.30. The molecular weight excluding hydrogens is 360 g/mol. The first kappa shape index (κ1) is 17.8. The molecule has 1 aliphatic heterocycles. The van der Waals surface area contributed by atoms with Gasteiger partial charge in [0.1, 0.15) is 0 Å². The zero-order chi connectivity index (χ0) is 18.6. The van der Waals surface area contributed by atoms with E-state index in [-0.39, 0.29) is 6.03 Å². The van der Waals surface area contributed by atoms with Crippen molar-refractivity contribution >= 4 is 34.2 Å². The van der Waals surface area contributed by atoms with Gasteiger partial charge in [0.25, 0.3) is 0 Å². The van der Waals surface area contributed by atoms with Crippen molar-refractivity contribution in [1.29, 1.82) is 0 Å². The van der Waals surface area contributed by atoms with E-state index >= 15 is 0 Å². The zero-order valence-corrected chi connectivity index (χ0v) is 15.7. The van der Waals surface area contributed by atoms with Crippen LogP contribution in [0.1, 0.15) is 5.56 Å². The van der Waals surface area contributed by atoms with E-state index in [9.17, 15) is 4.79 Å². The van der Waals surface area contributed by atoms with E-state index in [0.717, 1.165) is 36.2 Å². The van der Waals surface area contributed by atoms with Gasteiger partial charge < -0.3 is 10.2 Å². The molecule has 0 aliphatic carbocycles. The molecule has 2 aromatic carbocycles. The topological polar surface area (TPSA) is 48.5 Å². The minimum atomic E-state index is -0.0799. The summed E-state index contributed by atoms with van der Waals surface area (Å²) in [6.45, 7) is 3.92. The molecule has 1 fully saturated rings. The number of halogens is 1. The minimum Gasteiger partial charge on any atom is -0.322 e. The normalized spacial score (nSPS) is 15.1. The fourth-order valence-corrected chi connectivity index (χ4v) is 3.60. The van der Waals surface area contributed by atoms with Gasteiger partial charge in [-0.15, -0.1) is 0 Å². The van der Waals surface area contributed by atoms with Crippen LogP contribution < -0.4 is 5.32 Å². The van der Waals surface area contributed by atoms with Gasteiger partial charge in [-0.05, 0) is 29.8 Å². The van der Waals surface area contributed by atoms with Crippen molar-refractivity contribution < 1.29 is 4.79 Å². The van der Waals surface area contributed by atoms with Crippen LogP contribution >= 0.6 is 11.6 Å². The lowest BCUT2D eigenvalue weighted by atomic mass is 10.1. The van der Waals surface area contributed by atoms with Gasteiger partial charge in [0.15, 0.2) is 0 Å². The highest BCUT2D eigenvalue weighted by Gasteiger charge is 2.21. The van der Waals surface area contributed by atoms with Gasteiger partial charge in [-0.1, -0.05) is 41.9 Å². The molecule has 0 radical (unpaired) electrons. The number of fused-ring (bicyclic) bond motifs is 1. The van der Waals surface area contributed by atoms with Gasteiger partial charge in [-0.25, -0.2) is 4.79 Å². The number of pyridine rings is 1. The number of aromatic nitrogens is 1. The quantitative estimate of drug-likeness (QED) is 0.739. The van der Waals surface area contributed by atoms with E-state index in [1.807, 2.05) is 29.3 Å². The Hall–Kier alpha value is -2.63. The number of hydrogen-bond donors (Lipinski definition) is 1. The molecule has 0 saturated carbocycles. The number of piperazine rings is 1. The Kier molecular flexibility index (Phi) is 5.23. The summed E-state index contributed by atoms with van der Waals surface area (Å²) in [6.07, 6.45) is 1.84. The fourth-order valence-electron chi connectivity index (χ4n) is 3.41. The number of para-hydroxylation sites is 1. The molecule has 0 atom stereocenters. The van der Waals surface area contributed by atoms with E-state index in [4.69, 9.17) is 11.6 Å². The predicted molar refractivity (Wildman–Crippen MR) is 109 cm³/mol. The van der Waals surface area contributed by atoms with Gasteiger partial charge in [0, 0.05) is 55.0 Å². The average Bonchev–Trinajstić information content (AvgIpc) is 2.69. The molecule has 138 valence electrons. The Bertz CT molecular complexity index is 948. The Morgan fingerprint density at radius 3 is 2.63 bits per heavy atom. The molecule has 0 spiro atoms. The maximum atomic E-state index is 12.5. The minimum absolute atomic E-state index is 0.0799. The maximum absolute atomic E-state index is 12.5. The molecule has 27 heavy (non-hydrogen) atoms. The first-order valence-electron chi connectivity index (χ1n) is 9.05. The van der Waals surface area contributed by atoms with Gasteiger partial charge in [0.05, 0.1) is 5.52 Å². The van der Waals surface area contributed by atoms with Crippen LogP contribution in [0.5, 0.6) is 0 Å². The van der Waals surface area contributed by atoms with E-state index < -0.39 is 0 Å². The van der Waals surface area contributed by atoms with E-state index in [1.165, 1.54) is 5.56 Å². The molecule has 1 saturated heterocycles. The van der Waals surface area contributed by atoms with Crippen LogP contribution in [0.2, 0.25) is 5.02 Å².